The molecule has 0 aliphatic carbocycles. The first kappa shape index (κ1) is 97.4. The van der Waals surface area contributed by atoms with Crippen molar-refractivity contribution >= 4 is 237 Å². The van der Waals surface area contributed by atoms with Gasteiger partial charge in [-0.05, 0) is 65.1 Å². The number of ether oxygens (including phenoxy) is 4. The first-order valence-corrected chi connectivity index (χ1v) is 56.0. The molecule has 78 heteroatoms. The van der Waals surface area contributed by atoms with Crippen molar-refractivity contribution in [3.63, 3.8) is 0 Å². The molecule has 0 radical (unpaired) electrons. The monoisotopic (exact) mass is 2180 g/mol. The Kier molecular flexibility index (Phi) is 26.4. The van der Waals surface area contributed by atoms with Crippen LogP contribution in [0.1, 0.15) is 35.7 Å². The highest BCUT2D eigenvalue weighted by Crippen LogP contribution is 2.64. The molecule has 9 aliphatic heterocycles. The van der Waals surface area contributed by atoms with E-state index in [4.69, 9.17) is 167 Å². The van der Waals surface area contributed by atoms with Crippen LogP contribution in [0.25, 0.3) is 66.9 Å². The summed E-state index contributed by atoms with van der Waals surface area (Å²) in [5, 5.41) is 18.9. The van der Waals surface area contributed by atoms with Crippen molar-refractivity contribution in [3.05, 3.63) is 75.0 Å². The Bertz CT molecular complexity index is 6950. The lowest BCUT2D eigenvalue weighted by atomic mass is 10.1. The van der Waals surface area contributed by atoms with Gasteiger partial charge in [-0.25, -0.2) is 66.4 Å². The lowest BCUT2D eigenvalue weighted by Gasteiger charge is -2.28. The van der Waals surface area contributed by atoms with Crippen LogP contribution >= 0.6 is 76.2 Å². The second-order valence-corrected chi connectivity index (χ2v) is 49.6. The number of hydrogen-bond acceptors (Lipinski definition) is 50. The molecule has 0 aromatic carbocycles. The smallest absolute Gasteiger partial charge is 0.383 e. The van der Waals surface area contributed by atoms with Crippen LogP contribution in [0.15, 0.2) is 58.3 Å². The fourth-order valence-corrected chi connectivity index (χ4v) is 27.4. The number of nitrogens with one attached hydrogen (secondary N) is 3. The number of thioether (sulfide) groups is 2. The van der Waals surface area contributed by atoms with E-state index in [2.05, 4.69) is 113 Å². The van der Waals surface area contributed by atoms with Gasteiger partial charge in [-0.3, -0.25) is 70.1 Å². The molecule has 6 unspecified atom stereocenters. The van der Waals surface area contributed by atoms with Gasteiger partial charge in [0.25, 0.3) is 16.7 Å². The Balaban J connectivity index is 0.000000131. The molecule has 0 saturated carbocycles. The Labute approximate surface area is 786 Å². The minimum Gasteiger partial charge on any atom is -0.383 e. The van der Waals surface area contributed by atoms with Crippen LogP contribution < -0.4 is 51.1 Å². The first-order chi connectivity index (χ1) is 64.3. The largest absolute Gasteiger partial charge is 0.386 e. The molecule has 9 fully saturated rings. The van der Waals surface area contributed by atoms with E-state index in [-0.39, 0.29) is 102 Å². The molecule has 9 aliphatic rings. The third-order valence-electron chi connectivity index (χ3n) is 21.5. The number of aromatic nitrogens is 26. The van der Waals surface area contributed by atoms with Crippen LogP contribution in [0.2, 0.25) is 0 Å². The normalized spacial score (nSPS) is 37.3. The number of nitrogens with zero attached hydrogens (tertiary/aromatic N) is 23. The van der Waals surface area contributed by atoms with E-state index in [1.165, 1.54) is 34.1 Å². The summed E-state index contributed by atoms with van der Waals surface area (Å²) in [6.45, 7) is -30.6. The Hall–Kier alpha value is -7.44. The molecular formula is C58H63F7N32O25P6S8. The SMILES string of the molecule is Nc1nc2c(ncn2[C@@H]2S[C@@H]3COP(O)(=S)O[C@H]4[C@H](F)[C@H](n5nnc6c(N)ncnc65)O[C@@H]4COP(=O)(S)O[C@@H]2[C@@H]3F)c(=O)[nH]1.Nc1nc2c(ncn2[C@@H]2S[C@@H]3COP(O)(=S)O[C@H]4[C@H](F)[C@H](n5nnc6c(N)ncnc65)O[C@@H]4COP(O)(=S)O[C@@H]2[C@@H]3F)c(=O)[nH]1.Nc1nc2c(nnn2[C@@H]2O[C@@H]3COP(O)(=S)O[C@@H]4[C@@H](COP(O)(=S)O[C@@H]2[C@H]3F)O[C@@H](n2ccc3c(N)ncnc32)C4(F)F)c(=O)[nH]1. The standard InChI is InChI=1S/C20H21F3N10O9P2S2.2C19H21F2N11O8P2S3/c21-9-7-3-37-44(36,46)42-12-8(40-18(20(12,22)23)32-2-1-6-13(24)26-5-27-14(6)32)4-38-43(35,45)41-11(9)17(39-7)33-15-10(30-31-33)16(34)29-19(25)28-15;2*20-7-6-2-37-42(35,44)39-11-5(38-17(8(11)21)32-14-9(29-30-32)13(22)24-3-25-14)1-36-41(34,43)40-12(7)18(45-6)31-4-26-10-15(31)27-19(23)28-16(10)33/h1-2,5,7-9,11-12,17-18H,3-4H2,(H,35,45)(H,36,46)(H2,24,26,27)(H3,25,28,29,34);2*3-8,11-12,17-18H,1-2H2,(H,34,43)(H,35,44)(H2,22,24,25)(H3,23,27,28,33)/t7-,8-,9+,11-,12-,17-,18-,43?,44?;2*5-,6-,7-,8+,11-,12-,17-,18-,41?,42?/m111/s1. The molecule has 6 bridgehead atoms. The van der Waals surface area contributed by atoms with Gasteiger partial charge in [0.05, 0.1) is 68.2 Å². The van der Waals surface area contributed by atoms with Crippen molar-refractivity contribution in [1.82, 2.24) is 128 Å². The summed E-state index contributed by atoms with van der Waals surface area (Å²) in [6.07, 6.45) is -26.6. The van der Waals surface area contributed by atoms with Gasteiger partial charge < -0.3 is 105 Å². The van der Waals surface area contributed by atoms with E-state index in [1.807, 2.05) is 0 Å². The van der Waals surface area contributed by atoms with E-state index in [0.717, 1.165) is 61.1 Å². The number of thiol groups is 1. The zero-order chi connectivity index (χ0) is 96.4. The molecular weight excluding hydrogens is 2120 g/mol. The highest BCUT2D eigenvalue weighted by atomic mass is 32.7. The quantitative estimate of drug-likeness (QED) is 0.0624. The first-order valence-electron chi connectivity index (χ1n) is 38.5. The lowest BCUT2D eigenvalue weighted by Crippen LogP contribution is -2.41. The third kappa shape index (κ3) is 18.7. The molecule has 0 amide bonds. The predicted octanol–water partition coefficient (Wildman–Crippen LogP) is 0.879. The second kappa shape index (κ2) is 36.8. The van der Waals surface area contributed by atoms with Crippen molar-refractivity contribution in [1.29, 1.82) is 0 Å². The van der Waals surface area contributed by atoms with Gasteiger partial charge in [0.2, 0.25) is 24.1 Å². The molecule has 732 valence electrons. The number of alkyl halides is 7. The Morgan fingerprint density at radius 3 is 1.33 bits per heavy atom. The maximum Gasteiger partial charge on any atom is 0.386 e. The maximum atomic E-state index is 16.0. The van der Waals surface area contributed by atoms with E-state index in [0.29, 0.717) is 0 Å². The van der Waals surface area contributed by atoms with Crippen molar-refractivity contribution in [3.8, 4) is 0 Å². The number of nitrogens with two attached hydrogens (primary N) is 6. The topological polar surface area (TPSA) is 769 Å². The zero-order valence-corrected chi connectivity index (χ0v) is 78.8. The molecule has 21 rings (SSSR count). The number of anilines is 6. The van der Waals surface area contributed by atoms with Crippen LogP contribution in [0.4, 0.5) is 66.0 Å². The average molecular weight is 2180 g/mol. The molecule has 57 nitrogen and oxygen atoms in total. The van der Waals surface area contributed by atoms with Crippen molar-refractivity contribution in [2.24, 2.45) is 0 Å². The van der Waals surface area contributed by atoms with Crippen LogP contribution in [0.3, 0.4) is 0 Å². The molecule has 0 spiro atoms. The van der Waals surface area contributed by atoms with Gasteiger partial charge in [-0.1, -0.05) is 27.9 Å². The number of rotatable bonds is 6. The summed E-state index contributed by atoms with van der Waals surface area (Å²) in [6, 6.07) is 1.40. The summed E-state index contributed by atoms with van der Waals surface area (Å²) in [4.78, 5) is 142. The molecule has 12 aromatic heterocycles. The van der Waals surface area contributed by atoms with Gasteiger partial charge in [0, 0.05) is 6.20 Å². The number of imidazole rings is 2. The highest BCUT2D eigenvalue weighted by Gasteiger charge is 2.64. The van der Waals surface area contributed by atoms with Crippen LogP contribution in [0, 0.1) is 0 Å². The average Bonchev–Trinajstić information content (AvgIpc) is 1.57. The third-order valence-corrected chi connectivity index (χ3v) is 33.9. The Morgan fingerprint density at radius 1 is 0.426 bits per heavy atom. The van der Waals surface area contributed by atoms with Gasteiger partial charge >= 0.3 is 46.3 Å². The lowest BCUT2D eigenvalue weighted by molar-refractivity contribution is -0.135. The summed E-state index contributed by atoms with van der Waals surface area (Å²) < 4.78 is 220. The predicted molar refractivity (Wildman–Crippen MR) is 472 cm³/mol. The summed E-state index contributed by atoms with van der Waals surface area (Å²) in [5.41, 5.74) is 32.0. The van der Waals surface area contributed by atoms with Gasteiger partial charge in [0.15, 0.2) is 111 Å². The molecule has 136 heavy (non-hydrogen) atoms. The van der Waals surface area contributed by atoms with E-state index in [1.54, 1.807) is 0 Å². The number of H-pyrrole nitrogens is 3. The van der Waals surface area contributed by atoms with Gasteiger partial charge in [-0.2, -0.15) is 37.8 Å². The number of halogens is 7. The van der Waals surface area contributed by atoms with E-state index in [9.17, 15) is 43.4 Å². The van der Waals surface area contributed by atoms with Crippen molar-refractivity contribution < 1.29 is 133 Å². The fraction of sp³-hybridized carbons (Fsp3) is 0.517. The van der Waals surface area contributed by atoms with Crippen molar-refractivity contribution in [2.45, 2.75) is 144 Å². The minimum absolute atomic E-state index is 0.00218. The van der Waals surface area contributed by atoms with Crippen molar-refractivity contribution in [2.75, 3.05) is 74.0 Å². The van der Waals surface area contributed by atoms with E-state index < -0.39 is 241 Å². The molecule has 20 N–H and O–H groups in total. The number of aromatic amines is 3. The number of hydrogen-bond donors (Lipinski definition) is 15. The van der Waals surface area contributed by atoms with Gasteiger partial charge in [-0.15, -0.1) is 38.8 Å². The fourth-order valence-electron chi connectivity index (χ4n) is 15.5. The number of nitrogen functional groups attached to an aromatic ring is 6. The van der Waals surface area contributed by atoms with Crippen LogP contribution in [-0.2, 0) is 137 Å². The highest BCUT2D eigenvalue weighted by molar-refractivity contribution is 8.44. The number of fused-ring (bicyclic) bond motifs is 15. The second-order valence-electron chi connectivity index (χ2n) is 30.1. The van der Waals surface area contributed by atoms with Crippen LogP contribution in [-0.4, -0.2) is 301 Å². The molecule has 12 aromatic rings. The summed E-state index contributed by atoms with van der Waals surface area (Å²) in [5.74, 6) is -4.71. The van der Waals surface area contributed by atoms with E-state index >= 15 is 30.7 Å². The summed E-state index contributed by atoms with van der Waals surface area (Å²) >= 11 is 31.5. The van der Waals surface area contributed by atoms with Gasteiger partial charge in [0.1, 0.15) is 108 Å². The zero-order valence-electron chi connectivity index (χ0n) is 66.8. The maximum absolute atomic E-state index is 16.0. The van der Waals surface area contributed by atoms with Crippen LogP contribution in [0.5, 0.6) is 0 Å². The molecule has 21 heterocycles. The minimum atomic E-state index is -4.60. The summed E-state index contributed by atoms with van der Waals surface area (Å²) in [7, 11) is 0. The molecule has 29 atom stereocenters. The Morgan fingerprint density at radius 2 is 0.824 bits per heavy atom. The molecule has 9 saturated heterocycles.